The van der Waals surface area contributed by atoms with Gasteiger partial charge in [0.2, 0.25) is 17.7 Å². The van der Waals surface area contributed by atoms with Gasteiger partial charge in [-0.05, 0) is 24.7 Å². The average molecular weight is 252 g/mol. The van der Waals surface area contributed by atoms with E-state index in [1.807, 2.05) is 0 Å². The fraction of sp³-hybridized carbons (Fsp3) is 0.769. The van der Waals surface area contributed by atoms with E-state index in [0.717, 1.165) is 13.0 Å². The molecule has 0 aromatic rings. The van der Waals surface area contributed by atoms with E-state index in [0.29, 0.717) is 18.3 Å². The second-order valence-electron chi connectivity index (χ2n) is 5.32. The maximum Gasteiger partial charge on any atom is 0.229 e. The predicted octanol–water partition coefficient (Wildman–Crippen LogP) is 0.832. The van der Waals surface area contributed by atoms with E-state index in [1.54, 1.807) is 0 Å². The summed E-state index contributed by atoms with van der Waals surface area (Å²) in [4.78, 5) is 35.5. The topological polar surface area (TPSA) is 66.5 Å². The highest BCUT2D eigenvalue weighted by molar-refractivity contribution is 6.02. The monoisotopic (exact) mass is 252 g/mol. The Morgan fingerprint density at radius 2 is 1.89 bits per heavy atom. The molecular formula is C13H20N2O3. The molecule has 100 valence electrons. The molecule has 1 N–H and O–H groups in total. The summed E-state index contributed by atoms with van der Waals surface area (Å²) < 4.78 is 0. The molecule has 0 spiro atoms. The highest BCUT2D eigenvalue weighted by Crippen LogP contribution is 2.47. The van der Waals surface area contributed by atoms with Gasteiger partial charge >= 0.3 is 0 Å². The van der Waals surface area contributed by atoms with Crippen LogP contribution in [0.15, 0.2) is 0 Å². The summed E-state index contributed by atoms with van der Waals surface area (Å²) >= 11 is 0. The van der Waals surface area contributed by atoms with Crippen LogP contribution in [0.25, 0.3) is 0 Å². The summed E-state index contributed by atoms with van der Waals surface area (Å²) in [5.74, 6) is -0.373. The van der Waals surface area contributed by atoms with E-state index >= 15 is 0 Å². The predicted molar refractivity (Wildman–Crippen MR) is 65.5 cm³/mol. The first-order valence-corrected chi connectivity index (χ1v) is 6.66. The number of amides is 3. The third kappa shape index (κ3) is 2.89. The molecule has 1 saturated carbocycles. The van der Waals surface area contributed by atoms with E-state index in [-0.39, 0.29) is 30.7 Å². The van der Waals surface area contributed by atoms with Crippen LogP contribution >= 0.6 is 0 Å². The van der Waals surface area contributed by atoms with Crippen molar-refractivity contribution in [2.75, 3.05) is 13.1 Å². The van der Waals surface area contributed by atoms with Gasteiger partial charge in [-0.25, -0.2) is 0 Å². The number of likely N-dealkylation sites (tertiary alicyclic amines) is 1. The lowest BCUT2D eigenvalue weighted by Gasteiger charge is -2.15. The Morgan fingerprint density at radius 3 is 2.39 bits per heavy atom. The van der Waals surface area contributed by atoms with Gasteiger partial charge in [0.1, 0.15) is 0 Å². The first kappa shape index (κ1) is 13.1. The molecule has 1 heterocycles. The molecular weight excluding hydrogens is 232 g/mol. The Hall–Kier alpha value is -1.39. The molecule has 0 aromatic carbocycles. The van der Waals surface area contributed by atoms with Crippen molar-refractivity contribution < 1.29 is 14.4 Å². The highest BCUT2D eigenvalue weighted by Gasteiger charge is 2.40. The lowest BCUT2D eigenvalue weighted by molar-refractivity contribution is -0.138. The molecule has 18 heavy (non-hydrogen) atoms. The first-order valence-electron chi connectivity index (χ1n) is 6.66. The first-order chi connectivity index (χ1) is 8.56. The van der Waals surface area contributed by atoms with Crippen LogP contribution in [0.1, 0.15) is 45.4 Å². The summed E-state index contributed by atoms with van der Waals surface area (Å²) in [6.07, 6.45) is 4.27. The van der Waals surface area contributed by atoms with Crippen molar-refractivity contribution in [1.82, 2.24) is 10.2 Å². The van der Waals surface area contributed by atoms with Gasteiger partial charge in [-0.3, -0.25) is 19.3 Å². The lowest BCUT2D eigenvalue weighted by Crippen LogP contribution is -2.35. The van der Waals surface area contributed by atoms with Gasteiger partial charge in [0, 0.05) is 32.4 Å². The van der Waals surface area contributed by atoms with Gasteiger partial charge < -0.3 is 5.32 Å². The standard InChI is InChI=1S/C13H20N2O3/c1-2-13(6-7-13)9-14-10(16)5-8-15-11(17)3-4-12(15)18/h2-9H2,1H3,(H,14,16). The van der Waals surface area contributed by atoms with Gasteiger partial charge in [-0.1, -0.05) is 6.92 Å². The second-order valence-corrected chi connectivity index (χ2v) is 5.32. The largest absolute Gasteiger partial charge is 0.355 e. The SMILES string of the molecule is CCC1(CNC(=O)CCN2C(=O)CCC2=O)CC1. The molecule has 2 fully saturated rings. The number of imide groups is 1. The molecule has 5 nitrogen and oxygen atoms in total. The normalized spacial score (nSPS) is 21.3. The Kier molecular flexibility index (Phi) is 3.68. The highest BCUT2D eigenvalue weighted by atomic mass is 16.2. The Labute approximate surface area is 107 Å². The van der Waals surface area contributed by atoms with Crippen molar-refractivity contribution in [3.8, 4) is 0 Å². The maximum atomic E-state index is 11.6. The number of carbonyl (C=O) groups excluding carboxylic acids is 3. The molecule has 1 saturated heterocycles. The van der Waals surface area contributed by atoms with E-state index < -0.39 is 0 Å². The summed E-state index contributed by atoms with van der Waals surface area (Å²) in [5, 5.41) is 2.90. The quantitative estimate of drug-likeness (QED) is 0.712. The number of hydrogen-bond donors (Lipinski definition) is 1. The Bertz CT molecular complexity index is 358. The van der Waals surface area contributed by atoms with Crippen LogP contribution in [0.4, 0.5) is 0 Å². The number of nitrogens with zero attached hydrogens (tertiary/aromatic N) is 1. The van der Waals surface area contributed by atoms with Gasteiger partial charge in [0.05, 0.1) is 0 Å². The average Bonchev–Trinajstić information content (AvgIpc) is 3.08. The van der Waals surface area contributed by atoms with Gasteiger partial charge in [-0.15, -0.1) is 0 Å². The number of hydrogen-bond acceptors (Lipinski definition) is 3. The minimum atomic E-state index is -0.153. The fourth-order valence-corrected chi connectivity index (χ4v) is 2.29. The molecule has 0 bridgehead atoms. The molecule has 1 aliphatic heterocycles. The maximum absolute atomic E-state index is 11.6. The van der Waals surface area contributed by atoms with Crippen LogP contribution in [0.2, 0.25) is 0 Å². The van der Waals surface area contributed by atoms with Crippen molar-refractivity contribution in [1.29, 1.82) is 0 Å². The van der Waals surface area contributed by atoms with E-state index in [4.69, 9.17) is 0 Å². The molecule has 1 aliphatic carbocycles. The van der Waals surface area contributed by atoms with Crippen LogP contribution in [0, 0.1) is 5.41 Å². The third-order valence-electron chi connectivity index (χ3n) is 4.08. The minimum Gasteiger partial charge on any atom is -0.355 e. The molecule has 0 radical (unpaired) electrons. The lowest BCUT2D eigenvalue weighted by atomic mass is 10.0. The second kappa shape index (κ2) is 5.08. The van der Waals surface area contributed by atoms with Crippen LogP contribution < -0.4 is 5.32 Å². The molecule has 0 atom stereocenters. The molecule has 2 rings (SSSR count). The Morgan fingerprint density at radius 1 is 1.28 bits per heavy atom. The zero-order valence-corrected chi connectivity index (χ0v) is 10.8. The summed E-state index contributed by atoms with van der Waals surface area (Å²) in [7, 11) is 0. The van der Waals surface area contributed by atoms with Crippen molar-refractivity contribution in [3.05, 3.63) is 0 Å². The molecule has 2 aliphatic rings. The van der Waals surface area contributed by atoms with Crippen molar-refractivity contribution in [2.24, 2.45) is 5.41 Å². The Balaban J connectivity index is 1.68. The summed E-state index contributed by atoms with van der Waals surface area (Å²) in [6, 6.07) is 0. The van der Waals surface area contributed by atoms with Crippen LogP contribution in [0.5, 0.6) is 0 Å². The van der Waals surface area contributed by atoms with E-state index in [1.165, 1.54) is 17.7 Å². The fourth-order valence-electron chi connectivity index (χ4n) is 2.29. The zero-order valence-electron chi connectivity index (χ0n) is 10.8. The van der Waals surface area contributed by atoms with Gasteiger partial charge in [0.15, 0.2) is 0 Å². The molecule has 0 unspecified atom stereocenters. The van der Waals surface area contributed by atoms with Crippen LogP contribution in [-0.4, -0.2) is 35.7 Å². The smallest absolute Gasteiger partial charge is 0.229 e. The zero-order chi connectivity index (χ0) is 13.2. The molecule has 3 amide bonds. The van der Waals surface area contributed by atoms with Gasteiger partial charge in [0.25, 0.3) is 0 Å². The van der Waals surface area contributed by atoms with Gasteiger partial charge in [-0.2, -0.15) is 0 Å². The summed E-state index contributed by atoms with van der Waals surface area (Å²) in [5.41, 5.74) is 0.328. The number of carbonyl (C=O) groups is 3. The van der Waals surface area contributed by atoms with Crippen LogP contribution in [0.3, 0.4) is 0 Å². The van der Waals surface area contributed by atoms with Crippen molar-refractivity contribution in [3.63, 3.8) is 0 Å². The van der Waals surface area contributed by atoms with Crippen molar-refractivity contribution >= 4 is 17.7 Å². The van der Waals surface area contributed by atoms with E-state index in [9.17, 15) is 14.4 Å². The minimum absolute atomic E-state index is 0.0674. The van der Waals surface area contributed by atoms with E-state index in [2.05, 4.69) is 12.2 Å². The number of rotatable bonds is 6. The van der Waals surface area contributed by atoms with Crippen LogP contribution in [-0.2, 0) is 14.4 Å². The molecule has 0 aromatic heterocycles. The third-order valence-corrected chi connectivity index (χ3v) is 4.08. The number of nitrogens with one attached hydrogen (secondary N) is 1. The molecule has 5 heteroatoms. The summed E-state index contributed by atoms with van der Waals surface area (Å²) in [6.45, 7) is 3.09. The van der Waals surface area contributed by atoms with Crippen molar-refractivity contribution in [2.45, 2.75) is 45.4 Å².